The number of benzene rings is 1. The predicted octanol–water partition coefficient (Wildman–Crippen LogP) is 3.27. The number of nitrogen functional groups attached to an aromatic ring is 1. The normalized spacial score (nSPS) is 23.6. The van der Waals surface area contributed by atoms with Gasteiger partial charge in [-0.25, -0.2) is 0 Å². The molecule has 1 aliphatic rings. The minimum Gasteiger partial charge on any atom is -0.397 e. The highest BCUT2D eigenvalue weighted by Crippen LogP contribution is 2.34. The number of halogens is 3. The number of alkyl halides is 3. The third kappa shape index (κ3) is 3.32. The molecule has 1 aliphatic carbocycles. The summed E-state index contributed by atoms with van der Waals surface area (Å²) >= 11 is 0. The number of rotatable bonds is 3. The Morgan fingerprint density at radius 2 is 2.05 bits per heavy atom. The summed E-state index contributed by atoms with van der Waals surface area (Å²) in [6, 6.07) is 3.59. The molecule has 1 aromatic carbocycles. The summed E-state index contributed by atoms with van der Waals surface area (Å²) in [7, 11) is 1.67. The molecule has 2 atom stereocenters. The largest absolute Gasteiger partial charge is 0.416 e. The van der Waals surface area contributed by atoms with Gasteiger partial charge in [-0.3, -0.25) is 0 Å². The lowest BCUT2D eigenvalue weighted by Crippen LogP contribution is -2.18. The Balaban J connectivity index is 2.06. The van der Waals surface area contributed by atoms with Crippen molar-refractivity contribution in [2.75, 3.05) is 18.2 Å². The molecule has 0 spiro atoms. The van der Waals surface area contributed by atoms with Crippen molar-refractivity contribution in [2.45, 2.75) is 37.6 Å². The maximum absolute atomic E-state index is 12.5. The molecular formula is C13H17F3N2O. The first-order valence-corrected chi connectivity index (χ1v) is 6.16. The Labute approximate surface area is 109 Å². The third-order valence-electron chi connectivity index (χ3n) is 3.46. The van der Waals surface area contributed by atoms with Crippen LogP contribution in [-0.4, -0.2) is 19.3 Å². The molecule has 3 nitrogen and oxygen atoms in total. The monoisotopic (exact) mass is 274 g/mol. The number of methoxy groups -OCH3 is 1. The van der Waals surface area contributed by atoms with E-state index in [0.717, 1.165) is 31.4 Å². The molecule has 1 aromatic rings. The molecule has 0 saturated heterocycles. The second kappa shape index (κ2) is 5.28. The molecule has 2 rings (SSSR count). The van der Waals surface area contributed by atoms with Crippen LogP contribution in [0.3, 0.4) is 0 Å². The van der Waals surface area contributed by atoms with E-state index >= 15 is 0 Å². The highest BCUT2D eigenvalue weighted by atomic mass is 19.4. The van der Waals surface area contributed by atoms with Gasteiger partial charge in [0, 0.05) is 13.2 Å². The Morgan fingerprint density at radius 1 is 1.32 bits per heavy atom. The average Bonchev–Trinajstić information content (AvgIpc) is 2.78. The van der Waals surface area contributed by atoms with E-state index in [4.69, 9.17) is 10.5 Å². The van der Waals surface area contributed by atoms with E-state index in [9.17, 15) is 13.2 Å². The molecule has 0 amide bonds. The summed E-state index contributed by atoms with van der Waals surface area (Å²) < 4.78 is 42.8. The Kier molecular flexibility index (Phi) is 3.89. The number of nitrogens with two attached hydrogens (primary N) is 1. The summed E-state index contributed by atoms with van der Waals surface area (Å²) in [5.74, 6) is 0. The smallest absolute Gasteiger partial charge is 0.397 e. The Bertz CT molecular complexity index is 448. The van der Waals surface area contributed by atoms with Crippen LogP contribution in [0.15, 0.2) is 18.2 Å². The standard InChI is InChI=1S/C13H17F3N2O/c1-19-10-4-3-9(7-10)18-12-5-2-8(6-11(12)17)13(14,15)16/h2,5-6,9-10,18H,3-4,7,17H2,1H3. The number of anilines is 2. The van der Waals surface area contributed by atoms with Crippen molar-refractivity contribution in [3.63, 3.8) is 0 Å². The second-order valence-corrected chi connectivity index (χ2v) is 4.81. The fourth-order valence-electron chi connectivity index (χ4n) is 2.38. The van der Waals surface area contributed by atoms with Crippen molar-refractivity contribution in [1.29, 1.82) is 0 Å². The first kappa shape index (κ1) is 14.0. The van der Waals surface area contributed by atoms with Crippen molar-refractivity contribution in [1.82, 2.24) is 0 Å². The van der Waals surface area contributed by atoms with Gasteiger partial charge in [0.05, 0.1) is 23.0 Å². The number of nitrogens with one attached hydrogen (secondary N) is 1. The topological polar surface area (TPSA) is 47.3 Å². The minimum atomic E-state index is -4.36. The second-order valence-electron chi connectivity index (χ2n) is 4.81. The Hall–Kier alpha value is -1.43. The van der Waals surface area contributed by atoms with Crippen LogP contribution in [0.4, 0.5) is 24.5 Å². The summed E-state index contributed by atoms with van der Waals surface area (Å²) in [5.41, 5.74) is 5.62. The van der Waals surface area contributed by atoms with Crippen molar-refractivity contribution < 1.29 is 17.9 Å². The quantitative estimate of drug-likeness (QED) is 0.832. The SMILES string of the molecule is COC1CCC(Nc2ccc(C(F)(F)F)cc2N)C1. The van der Waals surface area contributed by atoms with Gasteiger partial charge in [-0.15, -0.1) is 0 Å². The van der Waals surface area contributed by atoms with Gasteiger partial charge in [-0.05, 0) is 37.5 Å². The van der Waals surface area contributed by atoms with Gasteiger partial charge in [-0.1, -0.05) is 0 Å². The van der Waals surface area contributed by atoms with Gasteiger partial charge in [-0.2, -0.15) is 13.2 Å². The van der Waals surface area contributed by atoms with Crippen LogP contribution >= 0.6 is 0 Å². The van der Waals surface area contributed by atoms with Crippen molar-refractivity contribution >= 4 is 11.4 Å². The van der Waals surface area contributed by atoms with Gasteiger partial charge < -0.3 is 15.8 Å². The average molecular weight is 274 g/mol. The van der Waals surface area contributed by atoms with Gasteiger partial charge in [0.25, 0.3) is 0 Å². The molecule has 1 fully saturated rings. The number of hydrogen-bond donors (Lipinski definition) is 2. The van der Waals surface area contributed by atoms with E-state index < -0.39 is 11.7 Å². The lowest BCUT2D eigenvalue weighted by Gasteiger charge is -2.17. The van der Waals surface area contributed by atoms with E-state index in [0.29, 0.717) is 5.69 Å². The molecule has 0 radical (unpaired) electrons. The van der Waals surface area contributed by atoms with Crippen molar-refractivity contribution in [3.05, 3.63) is 23.8 Å². The lowest BCUT2D eigenvalue weighted by atomic mass is 10.1. The van der Waals surface area contributed by atoms with Gasteiger partial charge in [0.15, 0.2) is 0 Å². The van der Waals surface area contributed by atoms with E-state index in [1.807, 2.05) is 0 Å². The maximum atomic E-state index is 12.5. The first-order valence-electron chi connectivity index (χ1n) is 6.16. The fourth-order valence-corrected chi connectivity index (χ4v) is 2.38. The fraction of sp³-hybridized carbons (Fsp3) is 0.538. The zero-order valence-electron chi connectivity index (χ0n) is 10.6. The van der Waals surface area contributed by atoms with E-state index in [-0.39, 0.29) is 17.8 Å². The molecule has 1 saturated carbocycles. The van der Waals surface area contributed by atoms with Gasteiger partial charge >= 0.3 is 6.18 Å². The molecular weight excluding hydrogens is 257 g/mol. The zero-order valence-corrected chi connectivity index (χ0v) is 10.6. The van der Waals surface area contributed by atoms with Crippen LogP contribution in [0.2, 0.25) is 0 Å². The van der Waals surface area contributed by atoms with Crippen LogP contribution in [0, 0.1) is 0 Å². The highest BCUT2D eigenvalue weighted by molar-refractivity contribution is 5.67. The van der Waals surface area contributed by atoms with Crippen LogP contribution < -0.4 is 11.1 Å². The molecule has 6 heteroatoms. The molecule has 0 aromatic heterocycles. The predicted molar refractivity (Wildman–Crippen MR) is 67.9 cm³/mol. The number of hydrogen-bond acceptors (Lipinski definition) is 3. The highest BCUT2D eigenvalue weighted by Gasteiger charge is 2.31. The summed E-state index contributed by atoms with van der Waals surface area (Å²) in [4.78, 5) is 0. The number of ether oxygens (including phenoxy) is 1. The zero-order chi connectivity index (χ0) is 14.0. The maximum Gasteiger partial charge on any atom is 0.416 e. The molecule has 0 aliphatic heterocycles. The van der Waals surface area contributed by atoms with Crippen molar-refractivity contribution in [2.24, 2.45) is 0 Å². The minimum absolute atomic E-state index is 0.121. The van der Waals surface area contributed by atoms with Gasteiger partial charge in [0.2, 0.25) is 0 Å². The van der Waals surface area contributed by atoms with E-state index in [2.05, 4.69) is 5.32 Å². The summed E-state index contributed by atoms with van der Waals surface area (Å²) in [5, 5.41) is 3.18. The van der Waals surface area contributed by atoms with Gasteiger partial charge in [0.1, 0.15) is 0 Å². The van der Waals surface area contributed by atoms with Crippen LogP contribution in [-0.2, 0) is 10.9 Å². The molecule has 0 bridgehead atoms. The molecule has 0 heterocycles. The van der Waals surface area contributed by atoms with E-state index in [1.54, 1.807) is 7.11 Å². The lowest BCUT2D eigenvalue weighted by molar-refractivity contribution is -0.137. The van der Waals surface area contributed by atoms with Crippen LogP contribution in [0.1, 0.15) is 24.8 Å². The van der Waals surface area contributed by atoms with Crippen LogP contribution in [0.25, 0.3) is 0 Å². The van der Waals surface area contributed by atoms with Crippen LogP contribution in [0.5, 0.6) is 0 Å². The molecule has 2 unspecified atom stereocenters. The van der Waals surface area contributed by atoms with E-state index in [1.165, 1.54) is 6.07 Å². The molecule has 106 valence electrons. The summed E-state index contributed by atoms with van der Waals surface area (Å²) in [6.45, 7) is 0. The Morgan fingerprint density at radius 3 is 2.58 bits per heavy atom. The molecule has 3 N–H and O–H groups in total. The first-order chi connectivity index (χ1) is 8.90. The third-order valence-corrected chi connectivity index (χ3v) is 3.46. The molecule has 19 heavy (non-hydrogen) atoms. The summed E-state index contributed by atoms with van der Waals surface area (Å²) in [6.07, 6.45) is -1.42. The van der Waals surface area contributed by atoms with Crippen molar-refractivity contribution in [3.8, 4) is 0 Å².